The molecular formula is C25H21FN2OS. The van der Waals surface area contributed by atoms with E-state index in [-0.39, 0.29) is 11.7 Å². The molecule has 0 spiro atoms. The van der Waals surface area contributed by atoms with Crippen LogP contribution in [0.2, 0.25) is 0 Å². The van der Waals surface area contributed by atoms with Crippen molar-refractivity contribution in [3.8, 4) is 11.3 Å². The summed E-state index contributed by atoms with van der Waals surface area (Å²) in [5, 5.41) is 3.47. The lowest BCUT2D eigenvalue weighted by atomic mass is 9.99. The van der Waals surface area contributed by atoms with Crippen LogP contribution in [0, 0.1) is 12.7 Å². The number of amides is 1. The van der Waals surface area contributed by atoms with Crippen molar-refractivity contribution >= 4 is 22.4 Å². The number of aryl methyl sites for hydroxylation is 3. The van der Waals surface area contributed by atoms with Gasteiger partial charge in [0, 0.05) is 16.0 Å². The van der Waals surface area contributed by atoms with Crippen LogP contribution in [0.1, 0.15) is 26.4 Å². The lowest BCUT2D eigenvalue weighted by Gasteiger charge is -2.09. The maximum atomic E-state index is 13.2. The number of thiazole rings is 1. The van der Waals surface area contributed by atoms with Crippen molar-refractivity contribution in [2.45, 2.75) is 19.8 Å². The maximum absolute atomic E-state index is 13.2. The first-order chi connectivity index (χ1) is 14.6. The van der Waals surface area contributed by atoms with Crippen molar-refractivity contribution in [1.29, 1.82) is 0 Å². The summed E-state index contributed by atoms with van der Waals surface area (Å²) in [5.41, 5.74) is 4.49. The van der Waals surface area contributed by atoms with Crippen LogP contribution in [0.4, 0.5) is 9.52 Å². The van der Waals surface area contributed by atoms with Crippen LogP contribution in [0.25, 0.3) is 11.3 Å². The van der Waals surface area contributed by atoms with Crippen molar-refractivity contribution in [2.24, 2.45) is 0 Å². The number of benzene rings is 3. The molecule has 0 bridgehead atoms. The largest absolute Gasteiger partial charge is 0.298 e. The number of hydrogen-bond acceptors (Lipinski definition) is 3. The van der Waals surface area contributed by atoms with Gasteiger partial charge in [-0.25, -0.2) is 9.37 Å². The highest BCUT2D eigenvalue weighted by Gasteiger charge is 2.15. The predicted molar refractivity (Wildman–Crippen MR) is 120 cm³/mol. The molecule has 0 aliphatic rings. The van der Waals surface area contributed by atoms with E-state index in [2.05, 4.69) is 22.4 Å². The van der Waals surface area contributed by atoms with E-state index in [1.165, 1.54) is 29.0 Å². The predicted octanol–water partition coefficient (Wildman–Crippen LogP) is 6.30. The van der Waals surface area contributed by atoms with Gasteiger partial charge in [-0.3, -0.25) is 10.1 Å². The third-order valence-electron chi connectivity index (χ3n) is 4.92. The molecule has 5 heteroatoms. The molecule has 0 aliphatic carbocycles. The van der Waals surface area contributed by atoms with E-state index >= 15 is 0 Å². The molecular weight excluding hydrogens is 395 g/mol. The molecule has 30 heavy (non-hydrogen) atoms. The van der Waals surface area contributed by atoms with Crippen molar-refractivity contribution in [1.82, 2.24) is 4.98 Å². The molecule has 1 heterocycles. The van der Waals surface area contributed by atoms with E-state index in [4.69, 9.17) is 0 Å². The van der Waals surface area contributed by atoms with Gasteiger partial charge in [-0.1, -0.05) is 48.5 Å². The molecule has 0 saturated carbocycles. The number of nitrogens with one attached hydrogen (secondary N) is 1. The molecule has 0 unspecified atom stereocenters. The number of anilines is 1. The van der Waals surface area contributed by atoms with Gasteiger partial charge in [0.25, 0.3) is 5.91 Å². The molecule has 3 aromatic carbocycles. The van der Waals surface area contributed by atoms with Crippen LogP contribution in [0.5, 0.6) is 0 Å². The summed E-state index contributed by atoms with van der Waals surface area (Å²) >= 11 is 1.42. The van der Waals surface area contributed by atoms with E-state index in [9.17, 15) is 9.18 Å². The van der Waals surface area contributed by atoms with Gasteiger partial charge >= 0.3 is 0 Å². The first-order valence-electron chi connectivity index (χ1n) is 9.77. The average Bonchev–Trinajstić information content (AvgIpc) is 3.13. The molecule has 0 fully saturated rings. The summed E-state index contributed by atoms with van der Waals surface area (Å²) in [6.07, 6.45) is 1.65. The Bertz CT molecular complexity index is 1150. The standard InChI is InChI=1S/C25H21FN2OS/c1-17-23(20-13-15-21(26)16-14-20)27-25(30-17)28-24(29)22-10-6-5-9-19(22)12-11-18-7-3-2-4-8-18/h2-10,13-16H,11-12H2,1H3,(H,27,28,29). The zero-order valence-corrected chi connectivity index (χ0v) is 17.4. The van der Waals surface area contributed by atoms with Crippen molar-refractivity contribution in [3.63, 3.8) is 0 Å². The summed E-state index contributed by atoms with van der Waals surface area (Å²) in [4.78, 5) is 18.5. The molecule has 1 N–H and O–H groups in total. The maximum Gasteiger partial charge on any atom is 0.257 e. The molecule has 4 rings (SSSR count). The van der Waals surface area contributed by atoms with Crippen LogP contribution in [-0.2, 0) is 12.8 Å². The summed E-state index contributed by atoms with van der Waals surface area (Å²) in [6.45, 7) is 1.94. The van der Waals surface area contributed by atoms with E-state index in [1.807, 2.05) is 49.4 Å². The number of hydrogen-bond donors (Lipinski definition) is 1. The van der Waals surface area contributed by atoms with E-state index in [0.717, 1.165) is 34.5 Å². The van der Waals surface area contributed by atoms with E-state index in [1.54, 1.807) is 12.1 Å². The Labute approximate surface area is 179 Å². The quantitative estimate of drug-likeness (QED) is 0.401. The number of rotatable bonds is 6. The third kappa shape index (κ3) is 4.63. The first kappa shape index (κ1) is 20.0. The normalized spacial score (nSPS) is 10.7. The average molecular weight is 417 g/mol. The minimum absolute atomic E-state index is 0.168. The summed E-state index contributed by atoms with van der Waals surface area (Å²) < 4.78 is 13.2. The molecule has 3 nitrogen and oxygen atoms in total. The highest BCUT2D eigenvalue weighted by molar-refractivity contribution is 7.16. The zero-order valence-electron chi connectivity index (χ0n) is 16.6. The zero-order chi connectivity index (χ0) is 20.9. The fourth-order valence-corrected chi connectivity index (χ4v) is 4.20. The second-order valence-corrected chi connectivity index (χ2v) is 8.23. The van der Waals surface area contributed by atoms with Crippen molar-refractivity contribution in [2.75, 3.05) is 5.32 Å². The van der Waals surface area contributed by atoms with Gasteiger partial charge in [0.2, 0.25) is 0 Å². The molecule has 4 aromatic rings. The Morgan fingerprint density at radius 2 is 1.63 bits per heavy atom. The number of aromatic nitrogens is 1. The molecule has 1 aromatic heterocycles. The Kier molecular flexibility index (Phi) is 6.00. The van der Waals surface area contributed by atoms with Crippen LogP contribution in [0.15, 0.2) is 78.9 Å². The SMILES string of the molecule is Cc1sc(NC(=O)c2ccccc2CCc2ccccc2)nc1-c1ccc(F)cc1. The van der Waals surface area contributed by atoms with Crippen LogP contribution in [-0.4, -0.2) is 10.9 Å². The number of carbonyl (C=O) groups excluding carboxylic acids is 1. The van der Waals surface area contributed by atoms with Gasteiger partial charge in [0.05, 0.1) is 5.69 Å². The van der Waals surface area contributed by atoms with Gasteiger partial charge in [-0.2, -0.15) is 0 Å². The molecule has 0 radical (unpaired) electrons. The lowest BCUT2D eigenvalue weighted by molar-refractivity contribution is 0.102. The Morgan fingerprint density at radius 1 is 0.933 bits per heavy atom. The van der Waals surface area contributed by atoms with Crippen molar-refractivity contribution in [3.05, 3.63) is 106 Å². The van der Waals surface area contributed by atoms with Gasteiger partial charge in [-0.15, -0.1) is 11.3 Å². The summed E-state index contributed by atoms with van der Waals surface area (Å²) in [7, 11) is 0. The number of nitrogens with zero attached hydrogens (tertiary/aromatic N) is 1. The molecule has 0 saturated heterocycles. The topological polar surface area (TPSA) is 42.0 Å². The number of halogens is 1. The second-order valence-electron chi connectivity index (χ2n) is 7.03. The molecule has 1 amide bonds. The van der Waals surface area contributed by atoms with Crippen LogP contribution < -0.4 is 5.32 Å². The Hall–Kier alpha value is -3.31. The minimum atomic E-state index is -0.285. The smallest absolute Gasteiger partial charge is 0.257 e. The highest BCUT2D eigenvalue weighted by Crippen LogP contribution is 2.31. The van der Waals surface area contributed by atoms with Gasteiger partial charge < -0.3 is 0 Å². The van der Waals surface area contributed by atoms with Crippen LogP contribution >= 0.6 is 11.3 Å². The lowest BCUT2D eigenvalue weighted by Crippen LogP contribution is -2.14. The van der Waals surface area contributed by atoms with E-state index in [0.29, 0.717) is 10.7 Å². The fraction of sp³-hybridized carbons (Fsp3) is 0.120. The Morgan fingerprint density at radius 3 is 2.40 bits per heavy atom. The monoisotopic (exact) mass is 416 g/mol. The molecule has 150 valence electrons. The molecule has 0 aliphatic heterocycles. The summed E-state index contributed by atoms with van der Waals surface area (Å²) in [6, 6.07) is 24.1. The summed E-state index contributed by atoms with van der Waals surface area (Å²) in [5.74, 6) is -0.453. The fourth-order valence-electron chi connectivity index (χ4n) is 3.37. The Balaban J connectivity index is 1.51. The highest BCUT2D eigenvalue weighted by atomic mass is 32.1. The molecule has 0 atom stereocenters. The van der Waals surface area contributed by atoms with Gasteiger partial charge in [0.1, 0.15) is 5.82 Å². The van der Waals surface area contributed by atoms with E-state index < -0.39 is 0 Å². The van der Waals surface area contributed by atoms with Gasteiger partial charge in [-0.05, 0) is 61.2 Å². The second kappa shape index (κ2) is 9.01. The first-order valence-corrected chi connectivity index (χ1v) is 10.6. The van der Waals surface area contributed by atoms with Crippen LogP contribution in [0.3, 0.4) is 0 Å². The van der Waals surface area contributed by atoms with Crippen molar-refractivity contribution < 1.29 is 9.18 Å². The number of carbonyl (C=O) groups is 1. The van der Waals surface area contributed by atoms with Gasteiger partial charge in [0.15, 0.2) is 5.13 Å². The minimum Gasteiger partial charge on any atom is -0.298 e. The third-order valence-corrected chi connectivity index (χ3v) is 5.81.